The van der Waals surface area contributed by atoms with Gasteiger partial charge in [-0.1, -0.05) is 55.3 Å². The molecule has 1 heterocycles. The van der Waals surface area contributed by atoms with E-state index in [0.29, 0.717) is 11.4 Å². The van der Waals surface area contributed by atoms with Gasteiger partial charge in [0.25, 0.3) is 5.91 Å². The summed E-state index contributed by atoms with van der Waals surface area (Å²) in [5, 5.41) is 0.668. The Kier molecular flexibility index (Phi) is 6.17. The van der Waals surface area contributed by atoms with Crippen LogP contribution in [0.3, 0.4) is 0 Å². The molecule has 1 unspecified atom stereocenters. The Morgan fingerprint density at radius 3 is 2.59 bits per heavy atom. The molecular formula is C22H26ClN3O. The Morgan fingerprint density at radius 1 is 1.19 bits per heavy atom. The highest BCUT2D eigenvalue weighted by molar-refractivity contribution is 6.31. The number of benzene rings is 2. The summed E-state index contributed by atoms with van der Waals surface area (Å²) in [6.45, 7) is 5.00. The van der Waals surface area contributed by atoms with Crippen LogP contribution in [0, 0.1) is 6.92 Å². The predicted octanol–water partition coefficient (Wildman–Crippen LogP) is 4.69. The first-order chi connectivity index (χ1) is 13.0. The standard InChI is InChI=1S/C22H26ClN3O/c1-4-5-13-25(3)22-24-19(15-17-9-7-6-8-10-17)21(27)26(22)20-12-11-18(23)14-16(20)2/h6-12,14,19H,4-5,13,15H2,1-3H3. The molecular weight excluding hydrogens is 358 g/mol. The zero-order valence-corrected chi connectivity index (χ0v) is 16.9. The van der Waals surface area contributed by atoms with E-state index >= 15 is 0 Å². The second kappa shape index (κ2) is 8.57. The van der Waals surface area contributed by atoms with E-state index in [1.54, 1.807) is 4.90 Å². The maximum Gasteiger partial charge on any atom is 0.259 e. The highest BCUT2D eigenvalue weighted by Crippen LogP contribution is 2.29. The van der Waals surface area contributed by atoms with Gasteiger partial charge in [-0.2, -0.15) is 0 Å². The molecule has 5 heteroatoms. The van der Waals surface area contributed by atoms with Gasteiger partial charge in [-0.05, 0) is 42.7 Å². The smallest absolute Gasteiger partial charge is 0.259 e. The van der Waals surface area contributed by atoms with E-state index in [-0.39, 0.29) is 5.91 Å². The lowest BCUT2D eigenvalue weighted by Crippen LogP contribution is -2.44. The van der Waals surface area contributed by atoms with Gasteiger partial charge >= 0.3 is 0 Å². The van der Waals surface area contributed by atoms with Crippen LogP contribution in [0.1, 0.15) is 30.9 Å². The molecule has 2 aromatic carbocycles. The third kappa shape index (κ3) is 4.33. The third-order valence-electron chi connectivity index (χ3n) is 4.84. The molecule has 1 aliphatic rings. The number of carbonyl (C=O) groups excluding carboxylic acids is 1. The van der Waals surface area contributed by atoms with E-state index in [0.717, 1.165) is 42.2 Å². The molecule has 0 bridgehead atoms. The van der Waals surface area contributed by atoms with Crippen molar-refractivity contribution in [2.24, 2.45) is 4.99 Å². The van der Waals surface area contributed by atoms with Gasteiger partial charge in [0.2, 0.25) is 5.96 Å². The Morgan fingerprint density at radius 2 is 1.93 bits per heavy atom. The minimum Gasteiger partial charge on any atom is -0.345 e. The fourth-order valence-electron chi connectivity index (χ4n) is 3.33. The van der Waals surface area contributed by atoms with Crippen molar-refractivity contribution in [3.63, 3.8) is 0 Å². The molecule has 0 radical (unpaired) electrons. The van der Waals surface area contributed by atoms with Crippen molar-refractivity contribution in [2.75, 3.05) is 18.5 Å². The van der Waals surface area contributed by atoms with Crippen LogP contribution in [0.2, 0.25) is 5.02 Å². The number of aryl methyl sites for hydroxylation is 1. The van der Waals surface area contributed by atoms with Crippen LogP contribution in [-0.2, 0) is 11.2 Å². The van der Waals surface area contributed by atoms with Gasteiger partial charge in [0.1, 0.15) is 6.04 Å². The van der Waals surface area contributed by atoms with Gasteiger partial charge in [-0.3, -0.25) is 4.79 Å². The minimum absolute atomic E-state index is 0.0163. The van der Waals surface area contributed by atoms with Crippen LogP contribution in [0.15, 0.2) is 53.5 Å². The first-order valence-corrected chi connectivity index (χ1v) is 9.82. The van der Waals surface area contributed by atoms with E-state index in [1.807, 2.05) is 62.5 Å². The lowest BCUT2D eigenvalue weighted by molar-refractivity contribution is -0.118. The molecule has 0 aliphatic carbocycles. The second-order valence-electron chi connectivity index (χ2n) is 7.01. The predicted molar refractivity (Wildman–Crippen MR) is 113 cm³/mol. The Bertz CT molecular complexity index is 835. The van der Waals surface area contributed by atoms with Crippen molar-refractivity contribution in [2.45, 2.75) is 39.2 Å². The summed E-state index contributed by atoms with van der Waals surface area (Å²) in [5.41, 5.74) is 2.93. The summed E-state index contributed by atoms with van der Waals surface area (Å²) in [5.74, 6) is 0.738. The first-order valence-electron chi connectivity index (χ1n) is 9.44. The highest BCUT2D eigenvalue weighted by Gasteiger charge is 2.38. The average Bonchev–Trinajstić information content (AvgIpc) is 2.97. The van der Waals surface area contributed by atoms with Crippen molar-refractivity contribution >= 4 is 29.2 Å². The molecule has 1 amide bonds. The highest BCUT2D eigenvalue weighted by atomic mass is 35.5. The lowest BCUT2D eigenvalue weighted by atomic mass is 10.1. The molecule has 0 saturated carbocycles. The molecule has 0 aromatic heterocycles. The van der Waals surface area contributed by atoms with Crippen LogP contribution in [-0.4, -0.2) is 36.4 Å². The van der Waals surface area contributed by atoms with E-state index in [1.165, 1.54) is 0 Å². The summed E-state index contributed by atoms with van der Waals surface area (Å²) in [7, 11) is 2.00. The number of nitrogens with zero attached hydrogens (tertiary/aromatic N) is 3. The summed E-state index contributed by atoms with van der Waals surface area (Å²) in [6.07, 6.45) is 2.76. The van der Waals surface area contributed by atoms with E-state index < -0.39 is 6.04 Å². The largest absolute Gasteiger partial charge is 0.345 e. The average molecular weight is 384 g/mol. The Balaban J connectivity index is 1.94. The van der Waals surface area contributed by atoms with Gasteiger partial charge in [-0.15, -0.1) is 0 Å². The van der Waals surface area contributed by atoms with Gasteiger partial charge in [0.15, 0.2) is 0 Å². The maximum atomic E-state index is 13.3. The zero-order chi connectivity index (χ0) is 19.4. The number of guanidine groups is 1. The van der Waals surface area contributed by atoms with E-state index in [2.05, 4.69) is 11.8 Å². The molecule has 0 fully saturated rings. The second-order valence-corrected chi connectivity index (χ2v) is 7.45. The van der Waals surface area contributed by atoms with Crippen molar-refractivity contribution < 1.29 is 4.79 Å². The van der Waals surface area contributed by atoms with Crippen LogP contribution >= 0.6 is 11.6 Å². The number of aliphatic imine (C=N–C) groups is 1. The van der Waals surface area contributed by atoms with Gasteiger partial charge in [0, 0.05) is 25.0 Å². The number of carbonyl (C=O) groups is 1. The van der Waals surface area contributed by atoms with Gasteiger partial charge in [-0.25, -0.2) is 9.89 Å². The van der Waals surface area contributed by atoms with Crippen LogP contribution < -0.4 is 4.90 Å². The van der Waals surface area contributed by atoms with Crippen molar-refractivity contribution in [3.8, 4) is 0 Å². The third-order valence-corrected chi connectivity index (χ3v) is 5.07. The fraction of sp³-hybridized carbons (Fsp3) is 0.364. The molecule has 27 heavy (non-hydrogen) atoms. The number of amides is 1. The molecule has 1 aliphatic heterocycles. The number of hydrogen-bond donors (Lipinski definition) is 0. The SMILES string of the molecule is CCCCN(C)C1=NC(Cc2ccccc2)C(=O)N1c1ccc(Cl)cc1C. The maximum absolute atomic E-state index is 13.3. The van der Waals surface area contributed by atoms with Crippen LogP contribution in [0.4, 0.5) is 5.69 Å². The monoisotopic (exact) mass is 383 g/mol. The number of halogens is 1. The van der Waals surface area contributed by atoms with Crippen molar-refractivity contribution in [3.05, 3.63) is 64.7 Å². The normalized spacial score (nSPS) is 16.6. The minimum atomic E-state index is -0.401. The summed E-state index contributed by atoms with van der Waals surface area (Å²) in [6, 6.07) is 15.3. The topological polar surface area (TPSA) is 35.9 Å². The molecule has 142 valence electrons. The number of anilines is 1. The molecule has 2 aromatic rings. The lowest BCUT2D eigenvalue weighted by Gasteiger charge is -2.27. The molecule has 0 N–H and O–H groups in total. The van der Waals surface area contributed by atoms with Crippen molar-refractivity contribution in [1.29, 1.82) is 0 Å². The molecule has 4 nitrogen and oxygen atoms in total. The van der Waals surface area contributed by atoms with Crippen LogP contribution in [0.25, 0.3) is 0 Å². The zero-order valence-electron chi connectivity index (χ0n) is 16.2. The van der Waals surface area contributed by atoms with Crippen molar-refractivity contribution in [1.82, 2.24) is 4.90 Å². The summed E-state index contributed by atoms with van der Waals surface area (Å²) in [4.78, 5) is 22.0. The summed E-state index contributed by atoms with van der Waals surface area (Å²) >= 11 is 6.12. The Hall–Kier alpha value is -2.33. The van der Waals surface area contributed by atoms with E-state index in [4.69, 9.17) is 16.6 Å². The quantitative estimate of drug-likeness (QED) is 0.725. The number of rotatable bonds is 6. The van der Waals surface area contributed by atoms with Gasteiger partial charge < -0.3 is 4.90 Å². The fourth-order valence-corrected chi connectivity index (χ4v) is 3.56. The van der Waals surface area contributed by atoms with E-state index in [9.17, 15) is 4.79 Å². The molecule has 1 atom stereocenters. The van der Waals surface area contributed by atoms with Gasteiger partial charge in [0.05, 0.1) is 5.69 Å². The molecule has 0 saturated heterocycles. The summed E-state index contributed by atoms with van der Waals surface area (Å²) < 4.78 is 0. The Labute approximate surface area is 166 Å². The number of hydrogen-bond acceptors (Lipinski definition) is 3. The molecule has 0 spiro atoms. The van der Waals surface area contributed by atoms with Crippen LogP contribution in [0.5, 0.6) is 0 Å². The first kappa shape index (κ1) is 19.4. The molecule has 3 rings (SSSR count). The number of unbranched alkanes of at least 4 members (excludes halogenated alkanes) is 1.